The van der Waals surface area contributed by atoms with Crippen LogP contribution in [0.25, 0.3) is 0 Å². The lowest BCUT2D eigenvalue weighted by molar-refractivity contribution is 0.193. The SMILES string of the molecule is Cc1cc(F)ccc1C1CC(O)CN1. The molecule has 0 aromatic heterocycles. The van der Waals surface area contributed by atoms with Gasteiger partial charge in [-0.1, -0.05) is 6.07 Å². The van der Waals surface area contributed by atoms with Crippen LogP contribution in [0.15, 0.2) is 18.2 Å². The molecule has 1 aromatic rings. The van der Waals surface area contributed by atoms with Gasteiger partial charge in [-0.05, 0) is 36.6 Å². The van der Waals surface area contributed by atoms with Gasteiger partial charge in [0.25, 0.3) is 0 Å². The van der Waals surface area contributed by atoms with E-state index >= 15 is 0 Å². The van der Waals surface area contributed by atoms with E-state index in [1.807, 2.05) is 6.92 Å². The summed E-state index contributed by atoms with van der Waals surface area (Å²) >= 11 is 0. The Balaban J connectivity index is 2.24. The van der Waals surface area contributed by atoms with E-state index in [0.717, 1.165) is 11.1 Å². The predicted octanol–water partition coefficient (Wildman–Crippen LogP) is 1.53. The zero-order valence-electron chi connectivity index (χ0n) is 8.13. The summed E-state index contributed by atoms with van der Waals surface area (Å²) < 4.78 is 12.8. The maximum absolute atomic E-state index is 12.8. The fourth-order valence-corrected chi connectivity index (χ4v) is 1.98. The van der Waals surface area contributed by atoms with Gasteiger partial charge >= 0.3 is 0 Å². The first-order valence-electron chi connectivity index (χ1n) is 4.84. The van der Waals surface area contributed by atoms with E-state index in [0.29, 0.717) is 13.0 Å². The lowest BCUT2D eigenvalue weighted by Crippen LogP contribution is -2.15. The van der Waals surface area contributed by atoms with E-state index in [1.165, 1.54) is 12.1 Å². The van der Waals surface area contributed by atoms with Gasteiger partial charge in [0.1, 0.15) is 5.82 Å². The van der Waals surface area contributed by atoms with Gasteiger partial charge in [-0.15, -0.1) is 0 Å². The molecule has 2 atom stereocenters. The van der Waals surface area contributed by atoms with E-state index < -0.39 is 0 Å². The van der Waals surface area contributed by atoms with Crippen LogP contribution in [-0.2, 0) is 0 Å². The van der Waals surface area contributed by atoms with E-state index in [2.05, 4.69) is 5.32 Å². The molecule has 3 heteroatoms. The summed E-state index contributed by atoms with van der Waals surface area (Å²) in [6.45, 7) is 2.52. The number of benzene rings is 1. The molecule has 1 saturated heterocycles. The van der Waals surface area contributed by atoms with Crippen LogP contribution in [0.3, 0.4) is 0 Å². The molecule has 1 aromatic carbocycles. The number of aryl methyl sites for hydroxylation is 1. The molecule has 0 aliphatic carbocycles. The Morgan fingerprint density at radius 1 is 1.50 bits per heavy atom. The van der Waals surface area contributed by atoms with Crippen LogP contribution in [-0.4, -0.2) is 17.8 Å². The quantitative estimate of drug-likeness (QED) is 0.712. The number of hydrogen-bond acceptors (Lipinski definition) is 2. The fraction of sp³-hybridized carbons (Fsp3) is 0.455. The van der Waals surface area contributed by atoms with Crippen molar-refractivity contribution in [1.82, 2.24) is 5.32 Å². The number of rotatable bonds is 1. The number of aliphatic hydroxyl groups excluding tert-OH is 1. The molecule has 14 heavy (non-hydrogen) atoms. The van der Waals surface area contributed by atoms with Crippen LogP contribution in [0.4, 0.5) is 4.39 Å². The maximum Gasteiger partial charge on any atom is 0.123 e. The normalized spacial score (nSPS) is 26.8. The van der Waals surface area contributed by atoms with Gasteiger partial charge in [0.2, 0.25) is 0 Å². The average Bonchev–Trinajstić information content (AvgIpc) is 2.51. The molecule has 0 radical (unpaired) electrons. The second-order valence-corrected chi connectivity index (χ2v) is 3.85. The van der Waals surface area contributed by atoms with E-state index in [9.17, 15) is 9.50 Å². The van der Waals surface area contributed by atoms with Crippen molar-refractivity contribution in [3.8, 4) is 0 Å². The highest BCUT2D eigenvalue weighted by Gasteiger charge is 2.24. The first-order chi connectivity index (χ1) is 6.66. The first kappa shape index (κ1) is 9.62. The second kappa shape index (κ2) is 3.67. The molecule has 0 saturated carbocycles. The molecular formula is C11H14FNO. The Labute approximate surface area is 82.8 Å². The summed E-state index contributed by atoms with van der Waals surface area (Å²) in [6.07, 6.45) is 0.441. The number of aliphatic hydroxyl groups is 1. The largest absolute Gasteiger partial charge is 0.392 e. The summed E-state index contributed by atoms with van der Waals surface area (Å²) in [6, 6.07) is 4.96. The van der Waals surface area contributed by atoms with Crippen LogP contribution in [0.1, 0.15) is 23.6 Å². The average molecular weight is 195 g/mol. The Morgan fingerprint density at radius 2 is 2.29 bits per heavy atom. The van der Waals surface area contributed by atoms with Crippen molar-refractivity contribution in [2.45, 2.75) is 25.5 Å². The number of β-amino-alcohol motifs (C(OH)–C–C–N with tert-alkyl or cyclic N) is 1. The van der Waals surface area contributed by atoms with Crippen molar-refractivity contribution in [1.29, 1.82) is 0 Å². The molecule has 0 bridgehead atoms. The summed E-state index contributed by atoms with van der Waals surface area (Å²) in [4.78, 5) is 0. The fourth-order valence-electron chi connectivity index (χ4n) is 1.98. The predicted molar refractivity (Wildman–Crippen MR) is 52.5 cm³/mol. The van der Waals surface area contributed by atoms with Gasteiger partial charge in [0, 0.05) is 12.6 Å². The van der Waals surface area contributed by atoms with Gasteiger partial charge < -0.3 is 10.4 Å². The minimum atomic E-state index is -0.274. The van der Waals surface area contributed by atoms with Crippen molar-refractivity contribution in [2.24, 2.45) is 0 Å². The van der Waals surface area contributed by atoms with Crippen LogP contribution in [0, 0.1) is 12.7 Å². The van der Waals surface area contributed by atoms with E-state index in [1.54, 1.807) is 6.07 Å². The number of hydrogen-bond donors (Lipinski definition) is 2. The zero-order chi connectivity index (χ0) is 10.1. The lowest BCUT2D eigenvalue weighted by atomic mass is 9.99. The second-order valence-electron chi connectivity index (χ2n) is 3.85. The highest BCUT2D eigenvalue weighted by molar-refractivity contribution is 5.30. The molecule has 2 rings (SSSR count). The number of halogens is 1. The van der Waals surface area contributed by atoms with Crippen molar-refractivity contribution < 1.29 is 9.50 Å². The molecule has 1 fully saturated rings. The molecule has 0 spiro atoms. The summed E-state index contributed by atoms with van der Waals surface area (Å²) in [5.74, 6) is -0.204. The van der Waals surface area contributed by atoms with Crippen molar-refractivity contribution in [3.05, 3.63) is 35.1 Å². The first-order valence-corrected chi connectivity index (χ1v) is 4.84. The molecule has 76 valence electrons. The topological polar surface area (TPSA) is 32.3 Å². The maximum atomic E-state index is 12.8. The summed E-state index contributed by atoms with van der Waals surface area (Å²) in [5, 5.41) is 12.6. The zero-order valence-corrected chi connectivity index (χ0v) is 8.13. The van der Waals surface area contributed by atoms with Gasteiger partial charge in [0.15, 0.2) is 0 Å². The molecule has 1 heterocycles. The van der Waals surface area contributed by atoms with E-state index in [4.69, 9.17) is 0 Å². The minimum Gasteiger partial charge on any atom is -0.392 e. The molecule has 0 amide bonds. The molecule has 2 nitrogen and oxygen atoms in total. The molecule has 1 aliphatic heterocycles. The Bertz CT molecular complexity index is 340. The van der Waals surface area contributed by atoms with Crippen molar-refractivity contribution in [2.75, 3.05) is 6.54 Å². The van der Waals surface area contributed by atoms with Crippen molar-refractivity contribution in [3.63, 3.8) is 0 Å². The molecular weight excluding hydrogens is 181 g/mol. The molecule has 2 unspecified atom stereocenters. The van der Waals surface area contributed by atoms with Gasteiger partial charge in [-0.25, -0.2) is 4.39 Å². The Morgan fingerprint density at radius 3 is 2.86 bits per heavy atom. The Hall–Kier alpha value is -0.930. The van der Waals surface area contributed by atoms with Crippen LogP contribution in [0.5, 0.6) is 0 Å². The standard InChI is InChI=1S/C11H14FNO/c1-7-4-8(12)2-3-10(7)11-5-9(14)6-13-11/h2-4,9,11,13-14H,5-6H2,1H3. The third-order valence-corrected chi connectivity index (χ3v) is 2.71. The summed E-state index contributed by atoms with van der Waals surface area (Å²) in [7, 11) is 0. The van der Waals surface area contributed by atoms with E-state index in [-0.39, 0.29) is 18.0 Å². The van der Waals surface area contributed by atoms with Gasteiger partial charge in [-0.3, -0.25) is 0 Å². The van der Waals surface area contributed by atoms with Crippen LogP contribution in [0.2, 0.25) is 0 Å². The lowest BCUT2D eigenvalue weighted by Gasteiger charge is -2.13. The summed E-state index contributed by atoms with van der Waals surface area (Å²) in [5.41, 5.74) is 2.03. The monoisotopic (exact) mass is 195 g/mol. The van der Waals surface area contributed by atoms with Gasteiger partial charge in [0.05, 0.1) is 6.10 Å². The van der Waals surface area contributed by atoms with Crippen LogP contribution >= 0.6 is 0 Å². The smallest absolute Gasteiger partial charge is 0.123 e. The van der Waals surface area contributed by atoms with Gasteiger partial charge in [-0.2, -0.15) is 0 Å². The molecule has 1 aliphatic rings. The highest BCUT2D eigenvalue weighted by Crippen LogP contribution is 2.26. The Kier molecular flexibility index (Phi) is 2.52. The number of nitrogens with one attached hydrogen (secondary N) is 1. The van der Waals surface area contributed by atoms with Crippen LogP contribution < -0.4 is 5.32 Å². The highest BCUT2D eigenvalue weighted by atomic mass is 19.1. The third-order valence-electron chi connectivity index (χ3n) is 2.71. The van der Waals surface area contributed by atoms with Crippen molar-refractivity contribution >= 4 is 0 Å². The third kappa shape index (κ3) is 1.79. The minimum absolute atomic E-state index is 0.172. The molecule has 2 N–H and O–H groups in total.